The molecule has 0 amide bonds. The summed E-state index contributed by atoms with van der Waals surface area (Å²) in [5, 5.41) is 9.49. The minimum absolute atomic E-state index is 0.240. The standard InChI is InChI=1S/C20H17N3O/c1-13-5-3-4-6-16(13)17-11-19(23-20(22)18(17)12-21)14-7-9-15(24-2)10-8-14/h3-11H,1-2H3,(H2,22,23). The normalized spacial score (nSPS) is 10.2. The Balaban J connectivity index is 2.20. The first-order valence-corrected chi connectivity index (χ1v) is 7.55. The van der Waals surface area contributed by atoms with Gasteiger partial charge in [-0.25, -0.2) is 4.98 Å². The molecule has 0 aliphatic rings. The fourth-order valence-corrected chi connectivity index (χ4v) is 2.68. The van der Waals surface area contributed by atoms with Gasteiger partial charge in [-0.15, -0.1) is 0 Å². The highest BCUT2D eigenvalue weighted by Gasteiger charge is 2.14. The fourth-order valence-electron chi connectivity index (χ4n) is 2.68. The molecule has 3 rings (SSSR count). The molecule has 0 saturated carbocycles. The van der Waals surface area contributed by atoms with E-state index < -0.39 is 0 Å². The Morgan fingerprint density at radius 1 is 1.04 bits per heavy atom. The van der Waals surface area contributed by atoms with E-state index in [1.165, 1.54) is 0 Å². The molecule has 24 heavy (non-hydrogen) atoms. The van der Waals surface area contributed by atoms with Crippen LogP contribution in [-0.2, 0) is 0 Å². The van der Waals surface area contributed by atoms with Crippen molar-refractivity contribution in [2.75, 3.05) is 12.8 Å². The molecule has 1 heterocycles. The number of hydrogen-bond acceptors (Lipinski definition) is 4. The number of nitriles is 1. The number of aromatic nitrogens is 1. The molecule has 118 valence electrons. The third-order valence-electron chi connectivity index (χ3n) is 3.98. The predicted molar refractivity (Wildman–Crippen MR) is 95.5 cm³/mol. The van der Waals surface area contributed by atoms with Gasteiger partial charge in [0.05, 0.1) is 12.8 Å². The van der Waals surface area contributed by atoms with Crippen molar-refractivity contribution >= 4 is 5.82 Å². The van der Waals surface area contributed by atoms with Crippen molar-refractivity contribution in [2.24, 2.45) is 0 Å². The molecule has 0 atom stereocenters. The van der Waals surface area contributed by atoms with Crippen LogP contribution in [-0.4, -0.2) is 12.1 Å². The second-order valence-electron chi connectivity index (χ2n) is 5.47. The summed E-state index contributed by atoms with van der Waals surface area (Å²) in [4.78, 5) is 4.40. The van der Waals surface area contributed by atoms with Crippen molar-refractivity contribution in [3.05, 3.63) is 65.7 Å². The smallest absolute Gasteiger partial charge is 0.142 e. The van der Waals surface area contributed by atoms with E-state index >= 15 is 0 Å². The number of aryl methyl sites for hydroxylation is 1. The van der Waals surface area contributed by atoms with Crippen LogP contribution >= 0.6 is 0 Å². The fraction of sp³-hybridized carbons (Fsp3) is 0.100. The Hall–Kier alpha value is -3.32. The molecule has 0 fully saturated rings. The Morgan fingerprint density at radius 3 is 2.38 bits per heavy atom. The van der Waals surface area contributed by atoms with E-state index in [4.69, 9.17) is 10.5 Å². The molecule has 2 aromatic carbocycles. The number of nitrogens with zero attached hydrogens (tertiary/aromatic N) is 2. The Kier molecular flexibility index (Phi) is 4.17. The number of nitrogen functional groups attached to an aromatic ring is 1. The molecule has 0 aliphatic carbocycles. The van der Waals surface area contributed by atoms with Crippen molar-refractivity contribution in [1.29, 1.82) is 5.26 Å². The topological polar surface area (TPSA) is 71.9 Å². The summed E-state index contributed by atoms with van der Waals surface area (Å²) < 4.78 is 5.19. The number of methoxy groups -OCH3 is 1. The molecule has 4 heteroatoms. The summed E-state index contributed by atoms with van der Waals surface area (Å²) in [5.41, 5.74) is 11.0. The zero-order valence-electron chi connectivity index (χ0n) is 13.6. The van der Waals surface area contributed by atoms with Crippen LogP contribution < -0.4 is 10.5 Å². The van der Waals surface area contributed by atoms with Gasteiger partial charge in [0.15, 0.2) is 0 Å². The van der Waals surface area contributed by atoms with Gasteiger partial charge in [0, 0.05) is 11.1 Å². The Labute approximate surface area is 141 Å². The van der Waals surface area contributed by atoms with Crippen LogP contribution in [0.1, 0.15) is 11.1 Å². The summed E-state index contributed by atoms with van der Waals surface area (Å²) in [6.45, 7) is 2.01. The maximum absolute atomic E-state index is 9.49. The van der Waals surface area contributed by atoms with E-state index in [9.17, 15) is 5.26 Å². The zero-order valence-corrected chi connectivity index (χ0v) is 13.6. The van der Waals surface area contributed by atoms with E-state index in [1.54, 1.807) is 7.11 Å². The summed E-state index contributed by atoms with van der Waals surface area (Å²) in [7, 11) is 1.63. The van der Waals surface area contributed by atoms with Crippen LogP contribution in [0.4, 0.5) is 5.82 Å². The van der Waals surface area contributed by atoms with E-state index in [-0.39, 0.29) is 5.82 Å². The quantitative estimate of drug-likeness (QED) is 0.786. The predicted octanol–water partition coefficient (Wildman–Crippen LogP) is 4.19. The highest BCUT2D eigenvalue weighted by atomic mass is 16.5. The van der Waals surface area contributed by atoms with Crippen molar-refractivity contribution in [1.82, 2.24) is 4.98 Å². The highest BCUT2D eigenvalue weighted by molar-refractivity contribution is 5.81. The third kappa shape index (κ3) is 2.80. The van der Waals surface area contributed by atoms with Gasteiger partial charge in [-0.2, -0.15) is 5.26 Å². The molecule has 0 saturated heterocycles. The second-order valence-corrected chi connectivity index (χ2v) is 5.47. The van der Waals surface area contributed by atoms with Crippen LogP contribution in [0.15, 0.2) is 54.6 Å². The van der Waals surface area contributed by atoms with Crippen molar-refractivity contribution in [3.8, 4) is 34.2 Å². The summed E-state index contributed by atoms with van der Waals surface area (Å²) in [6, 6.07) is 19.6. The van der Waals surface area contributed by atoms with Gasteiger partial charge in [0.1, 0.15) is 23.2 Å². The highest BCUT2D eigenvalue weighted by Crippen LogP contribution is 2.33. The molecule has 0 unspecified atom stereocenters. The summed E-state index contributed by atoms with van der Waals surface area (Å²) in [5.74, 6) is 1.02. The van der Waals surface area contributed by atoms with Gasteiger partial charge in [0.25, 0.3) is 0 Å². The van der Waals surface area contributed by atoms with Gasteiger partial charge in [0.2, 0.25) is 0 Å². The van der Waals surface area contributed by atoms with Crippen molar-refractivity contribution in [2.45, 2.75) is 6.92 Å². The van der Waals surface area contributed by atoms with Gasteiger partial charge in [-0.3, -0.25) is 0 Å². The second kappa shape index (κ2) is 6.43. The maximum Gasteiger partial charge on any atom is 0.142 e. The molecule has 1 aromatic heterocycles. The SMILES string of the molecule is COc1ccc(-c2cc(-c3ccccc3C)c(C#N)c(N)n2)cc1. The zero-order chi connectivity index (χ0) is 17.1. The minimum atomic E-state index is 0.240. The number of rotatable bonds is 3. The molecule has 0 spiro atoms. The van der Waals surface area contributed by atoms with E-state index in [0.29, 0.717) is 5.56 Å². The molecular formula is C20H17N3O. The van der Waals surface area contributed by atoms with E-state index in [1.807, 2.05) is 61.5 Å². The van der Waals surface area contributed by atoms with E-state index in [2.05, 4.69) is 11.1 Å². The number of nitrogens with two attached hydrogens (primary N) is 1. The first-order chi connectivity index (χ1) is 11.6. The largest absolute Gasteiger partial charge is 0.497 e. The number of pyridine rings is 1. The Bertz CT molecular complexity index is 925. The molecular weight excluding hydrogens is 298 g/mol. The number of hydrogen-bond donors (Lipinski definition) is 1. The lowest BCUT2D eigenvalue weighted by molar-refractivity contribution is 0.415. The average Bonchev–Trinajstić information content (AvgIpc) is 2.61. The number of benzene rings is 2. The number of ether oxygens (including phenoxy) is 1. The molecule has 2 N–H and O–H groups in total. The molecule has 0 aliphatic heterocycles. The lowest BCUT2D eigenvalue weighted by Crippen LogP contribution is -2.00. The first-order valence-electron chi connectivity index (χ1n) is 7.55. The van der Waals surface area contributed by atoms with Gasteiger partial charge >= 0.3 is 0 Å². The lowest BCUT2D eigenvalue weighted by atomic mass is 9.95. The van der Waals surface area contributed by atoms with Crippen molar-refractivity contribution in [3.63, 3.8) is 0 Å². The summed E-state index contributed by atoms with van der Waals surface area (Å²) >= 11 is 0. The van der Waals surface area contributed by atoms with Crippen LogP contribution in [0.3, 0.4) is 0 Å². The molecule has 4 nitrogen and oxygen atoms in total. The van der Waals surface area contributed by atoms with Gasteiger partial charge < -0.3 is 10.5 Å². The van der Waals surface area contributed by atoms with E-state index in [0.717, 1.165) is 33.7 Å². The van der Waals surface area contributed by atoms with Crippen LogP contribution in [0, 0.1) is 18.3 Å². The van der Waals surface area contributed by atoms with Crippen molar-refractivity contribution < 1.29 is 4.74 Å². The van der Waals surface area contributed by atoms with Crippen LogP contribution in [0.2, 0.25) is 0 Å². The van der Waals surface area contributed by atoms with Gasteiger partial charge in [-0.1, -0.05) is 24.3 Å². The molecule has 0 bridgehead atoms. The summed E-state index contributed by atoms with van der Waals surface area (Å²) in [6.07, 6.45) is 0. The minimum Gasteiger partial charge on any atom is -0.497 e. The molecule has 3 aromatic rings. The molecule has 0 radical (unpaired) electrons. The van der Waals surface area contributed by atoms with Crippen LogP contribution in [0.25, 0.3) is 22.4 Å². The van der Waals surface area contributed by atoms with Crippen LogP contribution in [0.5, 0.6) is 5.75 Å². The lowest BCUT2D eigenvalue weighted by Gasteiger charge is -2.12. The monoisotopic (exact) mass is 315 g/mol. The Morgan fingerprint density at radius 2 is 1.75 bits per heavy atom. The first kappa shape index (κ1) is 15.6. The average molecular weight is 315 g/mol. The number of anilines is 1. The van der Waals surface area contributed by atoms with Gasteiger partial charge in [-0.05, 0) is 48.4 Å². The third-order valence-corrected chi connectivity index (χ3v) is 3.98. The maximum atomic E-state index is 9.49.